The van der Waals surface area contributed by atoms with E-state index in [1.807, 2.05) is 0 Å². The van der Waals surface area contributed by atoms with E-state index in [9.17, 15) is 9.90 Å². The lowest BCUT2D eigenvalue weighted by Gasteiger charge is -2.20. The van der Waals surface area contributed by atoms with E-state index < -0.39 is 18.1 Å². The maximum Gasteiger partial charge on any atom is 0.287 e. The number of nitrogens with one attached hydrogen (secondary N) is 1. The number of carbonyl (C=O) groups excluding carboxylic acids is 1. The van der Waals surface area contributed by atoms with Crippen LogP contribution in [0.15, 0.2) is 16.5 Å². The molecule has 0 radical (unpaired) electrons. The van der Waals surface area contributed by atoms with Crippen LogP contribution in [0.5, 0.6) is 0 Å². The molecule has 1 aromatic rings. The molecule has 0 saturated heterocycles. The Kier molecular flexibility index (Phi) is 6.19. The van der Waals surface area contributed by atoms with Crippen molar-refractivity contribution in [2.24, 2.45) is 0 Å². The normalized spacial score (nSPS) is 14.3. The molecular formula is C14H24N2O4. The van der Waals surface area contributed by atoms with E-state index in [2.05, 4.69) is 24.1 Å². The Morgan fingerprint density at radius 3 is 2.60 bits per heavy atom. The topological polar surface area (TPSA) is 85.9 Å². The molecule has 0 spiro atoms. The number of carbonyl (C=O) groups is 1. The van der Waals surface area contributed by atoms with Gasteiger partial charge in [0.15, 0.2) is 5.76 Å². The molecule has 1 unspecified atom stereocenters. The van der Waals surface area contributed by atoms with Crippen LogP contribution in [0, 0.1) is 0 Å². The molecule has 1 aromatic heterocycles. The SMILES string of the molecule is CCN(CC)Cc1ccc(C(=O)NCC(C)(O)CO)o1. The van der Waals surface area contributed by atoms with Crippen molar-refractivity contribution >= 4 is 5.91 Å². The van der Waals surface area contributed by atoms with Gasteiger partial charge >= 0.3 is 0 Å². The van der Waals surface area contributed by atoms with Crippen molar-refractivity contribution in [3.8, 4) is 0 Å². The van der Waals surface area contributed by atoms with Crippen LogP contribution in [0.25, 0.3) is 0 Å². The predicted octanol–water partition coefficient (Wildman–Crippen LogP) is 0.595. The quantitative estimate of drug-likeness (QED) is 0.650. The summed E-state index contributed by atoms with van der Waals surface area (Å²) < 4.78 is 5.48. The molecule has 0 bridgehead atoms. The van der Waals surface area contributed by atoms with Gasteiger partial charge in [-0.3, -0.25) is 9.69 Å². The molecule has 6 nitrogen and oxygen atoms in total. The molecule has 0 saturated carbocycles. The Hall–Kier alpha value is -1.37. The summed E-state index contributed by atoms with van der Waals surface area (Å²) in [5, 5.41) is 21.0. The van der Waals surface area contributed by atoms with Crippen LogP contribution in [0.1, 0.15) is 37.1 Å². The first kappa shape index (κ1) is 16.7. The van der Waals surface area contributed by atoms with Crippen LogP contribution in [0.2, 0.25) is 0 Å². The molecule has 114 valence electrons. The van der Waals surface area contributed by atoms with Crippen LogP contribution in [0.4, 0.5) is 0 Å². The number of rotatable bonds is 8. The first-order valence-corrected chi connectivity index (χ1v) is 6.84. The summed E-state index contributed by atoms with van der Waals surface area (Å²) in [5.74, 6) is 0.540. The summed E-state index contributed by atoms with van der Waals surface area (Å²) in [6.45, 7) is 7.62. The molecule has 0 aliphatic heterocycles. The molecule has 1 heterocycles. The van der Waals surface area contributed by atoms with E-state index in [-0.39, 0.29) is 12.3 Å². The fraction of sp³-hybridized carbons (Fsp3) is 0.643. The Morgan fingerprint density at radius 1 is 1.40 bits per heavy atom. The zero-order chi connectivity index (χ0) is 15.2. The average molecular weight is 284 g/mol. The highest BCUT2D eigenvalue weighted by molar-refractivity contribution is 5.91. The number of nitrogens with zero attached hydrogens (tertiary/aromatic N) is 1. The number of amides is 1. The molecule has 6 heteroatoms. The van der Waals surface area contributed by atoms with E-state index in [4.69, 9.17) is 9.52 Å². The summed E-state index contributed by atoms with van der Waals surface area (Å²) in [6, 6.07) is 3.39. The minimum absolute atomic E-state index is 0.0333. The van der Waals surface area contributed by atoms with E-state index in [1.165, 1.54) is 6.92 Å². The second kappa shape index (κ2) is 7.42. The third kappa shape index (κ3) is 4.96. The van der Waals surface area contributed by atoms with Crippen LogP contribution < -0.4 is 5.32 Å². The zero-order valence-electron chi connectivity index (χ0n) is 12.3. The van der Waals surface area contributed by atoms with Crippen LogP contribution in [0.3, 0.4) is 0 Å². The number of aliphatic hydroxyl groups is 2. The van der Waals surface area contributed by atoms with Gasteiger partial charge in [0.25, 0.3) is 5.91 Å². The van der Waals surface area contributed by atoms with Gasteiger partial charge in [-0.1, -0.05) is 13.8 Å². The van der Waals surface area contributed by atoms with Crippen molar-refractivity contribution in [2.75, 3.05) is 26.2 Å². The summed E-state index contributed by atoms with van der Waals surface area (Å²) >= 11 is 0. The molecule has 1 rings (SSSR count). The van der Waals surface area contributed by atoms with Crippen molar-refractivity contribution in [3.05, 3.63) is 23.7 Å². The van der Waals surface area contributed by atoms with Crippen molar-refractivity contribution in [2.45, 2.75) is 32.9 Å². The van der Waals surface area contributed by atoms with Gasteiger partial charge in [-0.2, -0.15) is 0 Å². The molecule has 0 aromatic carbocycles. The van der Waals surface area contributed by atoms with Crippen LogP contribution in [-0.4, -0.2) is 52.9 Å². The maximum atomic E-state index is 11.8. The molecule has 20 heavy (non-hydrogen) atoms. The molecular weight excluding hydrogens is 260 g/mol. The standard InChI is InChI=1S/C14H24N2O4/c1-4-16(5-2)8-11-6-7-12(20-11)13(18)15-9-14(3,19)10-17/h6-7,17,19H,4-5,8-10H2,1-3H3,(H,15,18). The van der Waals surface area contributed by atoms with Gasteiger partial charge in [0, 0.05) is 6.54 Å². The van der Waals surface area contributed by atoms with Crippen molar-refractivity contribution in [3.63, 3.8) is 0 Å². The summed E-state index contributed by atoms with van der Waals surface area (Å²) in [5.41, 5.74) is -1.33. The second-order valence-corrected chi connectivity index (χ2v) is 5.07. The third-order valence-corrected chi connectivity index (χ3v) is 3.13. The van der Waals surface area contributed by atoms with E-state index >= 15 is 0 Å². The molecule has 3 N–H and O–H groups in total. The highest BCUT2D eigenvalue weighted by Gasteiger charge is 2.21. The number of aliphatic hydroxyl groups excluding tert-OH is 1. The lowest BCUT2D eigenvalue weighted by molar-refractivity contribution is 0.00298. The zero-order valence-corrected chi connectivity index (χ0v) is 12.3. The largest absolute Gasteiger partial charge is 0.455 e. The van der Waals surface area contributed by atoms with Crippen molar-refractivity contribution in [1.29, 1.82) is 0 Å². The fourth-order valence-corrected chi connectivity index (χ4v) is 1.67. The van der Waals surface area contributed by atoms with Crippen molar-refractivity contribution < 1.29 is 19.4 Å². The minimum atomic E-state index is -1.33. The third-order valence-electron chi connectivity index (χ3n) is 3.13. The first-order chi connectivity index (χ1) is 9.41. The Bertz CT molecular complexity index is 425. The number of hydrogen-bond acceptors (Lipinski definition) is 5. The average Bonchev–Trinajstić information content (AvgIpc) is 2.91. The number of furan rings is 1. The fourth-order valence-electron chi connectivity index (χ4n) is 1.67. The molecule has 0 aliphatic carbocycles. The Morgan fingerprint density at radius 2 is 2.05 bits per heavy atom. The summed E-state index contributed by atoms with van der Waals surface area (Å²) in [4.78, 5) is 14.0. The van der Waals surface area contributed by atoms with Gasteiger partial charge in [-0.15, -0.1) is 0 Å². The lowest BCUT2D eigenvalue weighted by atomic mass is 10.1. The van der Waals surface area contributed by atoms with Crippen LogP contribution >= 0.6 is 0 Å². The van der Waals surface area contributed by atoms with E-state index in [0.29, 0.717) is 6.54 Å². The van der Waals surface area contributed by atoms with E-state index in [0.717, 1.165) is 18.8 Å². The first-order valence-electron chi connectivity index (χ1n) is 6.84. The lowest BCUT2D eigenvalue weighted by Crippen LogP contribution is -2.43. The monoisotopic (exact) mass is 284 g/mol. The van der Waals surface area contributed by atoms with Gasteiger partial charge in [-0.25, -0.2) is 0 Å². The smallest absolute Gasteiger partial charge is 0.287 e. The summed E-state index contributed by atoms with van der Waals surface area (Å²) in [6.07, 6.45) is 0. The van der Waals surface area contributed by atoms with Gasteiger partial charge < -0.3 is 19.9 Å². The molecule has 1 atom stereocenters. The minimum Gasteiger partial charge on any atom is -0.455 e. The number of hydrogen-bond donors (Lipinski definition) is 3. The molecule has 1 amide bonds. The predicted molar refractivity (Wildman–Crippen MR) is 75.4 cm³/mol. The van der Waals surface area contributed by atoms with Gasteiger partial charge in [-0.05, 0) is 32.1 Å². The summed E-state index contributed by atoms with van der Waals surface area (Å²) in [7, 11) is 0. The van der Waals surface area contributed by atoms with E-state index in [1.54, 1.807) is 12.1 Å². The Balaban J connectivity index is 2.56. The van der Waals surface area contributed by atoms with Gasteiger partial charge in [0.2, 0.25) is 0 Å². The molecule has 0 fully saturated rings. The van der Waals surface area contributed by atoms with Crippen LogP contribution in [-0.2, 0) is 6.54 Å². The maximum absolute atomic E-state index is 11.8. The Labute approximate surface area is 119 Å². The van der Waals surface area contributed by atoms with Crippen molar-refractivity contribution in [1.82, 2.24) is 10.2 Å². The second-order valence-electron chi connectivity index (χ2n) is 5.07. The molecule has 0 aliphatic rings. The highest BCUT2D eigenvalue weighted by atomic mass is 16.4. The van der Waals surface area contributed by atoms with Gasteiger partial charge in [0.05, 0.1) is 13.2 Å². The van der Waals surface area contributed by atoms with Gasteiger partial charge in [0.1, 0.15) is 11.4 Å². The highest BCUT2D eigenvalue weighted by Crippen LogP contribution is 2.11.